The van der Waals surface area contributed by atoms with Crippen LogP contribution >= 0.6 is 0 Å². The summed E-state index contributed by atoms with van der Waals surface area (Å²) in [7, 11) is 0. The Balaban J connectivity index is 2.63. The van der Waals surface area contributed by atoms with E-state index in [1.54, 1.807) is 0 Å². The predicted octanol–water partition coefficient (Wildman–Crippen LogP) is 3.04. The molecule has 0 saturated carbocycles. The van der Waals surface area contributed by atoms with Crippen LogP contribution in [0.4, 0.5) is 39.5 Å². The molecular weight excluding hydrogens is 402 g/mol. The molecule has 10 heteroatoms. The average Bonchev–Trinajstić information content (AvgIpc) is 2.74. The molecule has 0 aliphatic heterocycles. The Morgan fingerprint density at radius 2 is 0.913 bits per heavy atom. The molecule has 23 heavy (non-hydrogen) atoms. The number of halogens is 9. The molecule has 0 saturated heterocycles. The van der Waals surface area contributed by atoms with Crippen LogP contribution in [-0.4, -0.2) is 16.9 Å². The molecule has 0 fully saturated rings. The van der Waals surface area contributed by atoms with Crippen molar-refractivity contribution in [1.82, 2.24) is 0 Å². The molecule has 2 aromatic rings. The van der Waals surface area contributed by atoms with E-state index in [0.717, 1.165) is 0 Å². The minimum atomic E-state index is -4.56. The second kappa shape index (κ2) is 4.69. The van der Waals surface area contributed by atoms with Gasteiger partial charge in [0.2, 0.25) is 0 Å². The van der Waals surface area contributed by atoms with Crippen LogP contribution in [0.25, 0.3) is 11.1 Å². The molecule has 0 radical (unpaired) electrons. The summed E-state index contributed by atoms with van der Waals surface area (Å²) in [6.07, 6.45) is 0. The molecule has 1 aliphatic carbocycles. The summed E-state index contributed by atoms with van der Waals surface area (Å²) in [5, 5.41) is 0. The molecule has 0 aromatic heterocycles. The van der Waals surface area contributed by atoms with E-state index in [1.165, 1.54) is 0 Å². The van der Waals surface area contributed by atoms with E-state index >= 15 is 0 Å². The van der Waals surface area contributed by atoms with Gasteiger partial charge >= 0.3 is 130 Å². The van der Waals surface area contributed by atoms with Crippen molar-refractivity contribution in [2.75, 3.05) is 0 Å². The van der Waals surface area contributed by atoms with Gasteiger partial charge in [-0.3, -0.25) is 0 Å². The van der Waals surface area contributed by atoms with E-state index in [4.69, 9.17) is 0 Å². The Labute approximate surface area is 130 Å². The van der Waals surface area contributed by atoms with E-state index in [0.29, 0.717) is 0 Å². The summed E-state index contributed by atoms with van der Waals surface area (Å²) in [5.74, 6) is -20.7. The summed E-state index contributed by atoms with van der Waals surface area (Å²) >= 11 is 0.0844. The SMILES string of the molecule is Fc1c(F)c(F)c2c(c1F)-c1c(F)c(F)c(F)c([AsH2])c1C2(F)F. The Hall–Kier alpha value is -1.63. The third-order valence-electron chi connectivity index (χ3n) is 3.51. The molecular formula is C13H2AsF9. The van der Waals surface area contributed by atoms with Gasteiger partial charge in [-0.1, -0.05) is 0 Å². The number of alkyl halides is 2. The zero-order valence-electron chi connectivity index (χ0n) is 10.5. The van der Waals surface area contributed by atoms with Gasteiger partial charge in [-0.15, -0.1) is 0 Å². The van der Waals surface area contributed by atoms with Crippen LogP contribution in [0.3, 0.4) is 0 Å². The molecule has 0 nitrogen and oxygen atoms in total. The Morgan fingerprint density at radius 3 is 1.43 bits per heavy atom. The number of hydrogen-bond donors (Lipinski definition) is 0. The summed E-state index contributed by atoms with van der Waals surface area (Å²) in [6.45, 7) is 0. The van der Waals surface area contributed by atoms with Crippen molar-refractivity contribution < 1.29 is 39.5 Å². The fraction of sp³-hybridized carbons (Fsp3) is 0.0769. The number of rotatable bonds is 0. The van der Waals surface area contributed by atoms with Crippen LogP contribution in [0.2, 0.25) is 0 Å². The van der Waals surface area contributed by atoms with Crippen molar-refractivity contribution in [2.45, 2.75) is 5.92 Å². The van der Waals surface area contributed by atoms with Crippen LogP contribution in [0.15, 0.2) is 0 Å². The topological polar surface area (TPSA) is 0 Å². The van der Waals surface area contributed by atoms with Crippen molar-refractivity contribution in [3.8, 4) is 11.1 Å². The first-order valence-corrected chi connectivity index (χ1v) is 6.95. The molecule has 0 amide bonds. The quantitative estimate of drug-likeness (QED) is 0.274. The van der Waals surface area contributed by atoms with Gasteiger partial charge in [0.1, 0.15) is 0 Å². The Bertz CT molecular complexity index is 817. The molecule has 1 aliphatic rings. The van der Waals surface area contributed by atoms with Crippen molar-refractivity contribution in [1.29, 1.82) is 0 Å². The van der Waals surface area contributed by atoms with Gasteiger partial charge in [-0.05, 0) is 0 Å². The number of hydrogen-bond acceptors (Lipinski definition) is 0. The fourth-order valence-electron chi connectivity index (χ4n) is 2.53. The van der Waals surface area contributed by atoms with Crippen molar-refractivity contribution >= 4 is 21.2 Å². The molecule has 122 valence electrons. The average molecular weight is 404 g/mol. The molecule has 0 spiro atoms. The van der Waals surface area contributed by atoms with Crippen LogP contribution < -0.4 is 4.35 Å². The summed E-state index contributed by atoms with van der Waals surface area (Å²) in [6, 6.07) is 0. The van der Waals surface area contributed by atoms with E-state index in [1.807, 2.05) is 0 Å². The van der Waals surface area contributed by atoms with Crippen LogP contribution in [0.1, 0.15) is 11.1 Å². The van der Waals surface area contributed by atoms with Crippen molar-refractivity contribution in [3.63, 3.8) is 0 Å². The zero-order chi connectivity index (χ0) is 17.4. The molecule has 3 rings (SSSR count). The maximum atomic E-state index is 14.3. The van der Waals surface area contributed by atoms with Crippen LogP contribution in [0, 0.1) is 40.7 Å². The monoisotopic (exact) mass is 404 g/mol. The van der Waals surface area contributed by atoms with Gasteiger partial charge in [-0.2, -0.15) is 0 Å². The van der Waals surface area contributed by atoms with E-state index in [2.05, 4.69) is 0 Å². The summed E-state index contributed by atoms with van der Waals surface area (Å²) in [4.78, 5) is 0. The maximum absolute atomic E-state index is 14.3. The molecule has 2 aromatic carbocycles. The summed E-state index contributed by atoms with van der Waals surface area (Å²) in [5.41, 5.74) is -6.71. The van der Waals surface area contributed by atoms with Gasteiger partial charge in [0.25, 0.3) is 0 Å². The van der Waals surface area contributed by atoms with Gasteiger partial charge in [-0.25, -0.2) is 0 Å². The standard InChI is InChI=1S/C13H2AsF9/c14-5-3-1(6(15)10(19)9(5)18)2-4(13(3,22)23)8(17)12(21)11(20)7(2)16/h14H2. The minimum absolute atomic E-state index is 0.0844. The van der Waals surface area contributed by atoms with Gasteiger partial charge < -0.3 is 0 Å². The van der Waals surface area contributed by atoms with Crippen LogP contribution in [-0.2, 0) is 5.92 Å². The second-order valence-electron chi connectivity index (χ2n) is 4.69. The Morgan fingerprint density at radius 1 is 0.522 bits per heavy atom. The van der Waals surface area contributed by atoms with E-state index in [-0.39, 0.29) is 16.9 Å². The predicted molar refractivity (Wildman–Crippen MR) is 62.8 cm³/mol. The Kier molecular flexibility index (Phi) is 3.31. The van der Waals surface area contributed by atoms with Gasteiger partial charge in [0.05, 0.1) is 0 Å². The molecule has 0 heterocycles. The van der Waals surface area contributed by atoms with Gasteiger partial charge in [0, 0.05) is 0 Å². The number of benzene rings is 2. The van der Waals surface area contributed by atoms with Gasteiger partial charge in [0.15, 0.2) is 0 Å². The zero-order valence-corrected chi connectivity index (χ0v) is 12.9. The molecule has 1 unspecified atom stereocenters. The van der Waals surface area contributed by atoms with Crippen molar-refractivity contribution in [2.24, 2.45) is 0 Å². The third-order valence-corrected chi connectivity index (χ3v) is 4.64. The molecule has 1 atom stereocenters. The molecule has 0 bridgehead atoms. The number of fused-ring (bicyclic) bond motifs is 3. The first kappa shape index (κ1) is 16.2. The van der Waals surface area contributed by atoms with Crippen molar-refractivity contribution in [3.05, 3.63) is 51.8 Å². The summed E-state index contributed by atoms with van der Waals surface area (Å²) < 4.78 is 122. The molecule has 0 N–H and O–H groups in total. The normalized spacial score (nSPS) is 14.9. The third kappa shape index (κ3) is 1.77. The first-order valence-electron chi connectivity index (χ1n) is 5.74. The van der Waals surface area contributed by atoms with E-state index in [9.17, 15) is 39.5 Å². The second-order valence-corrected chi connectivity index (χ2v) is 5.90. The fourth-order valence-corrected chi connectivity index (χ4v) is 3.47. The van der Waals surface area contributed by atoms with E-state index < -0.39 is 73.2 Å². The first-order chi connectivity index (χ1) is 10.5. The van der Waals surface area contributed by atoms with Crippen LogP contribution in [0.5, 0.6) is 0 Å².